The number of imide groups is 1. The van der Waals surface area contributed by atoms with Gasteiger partial charge in [-0.2, -0.15) is 0 Å². The fourth-order valence-electron chi connectivity index (χ4n) is 6.76. The van der Waals surface area contributed by atoms with E-state index in [1.165, 1.54) is 120 Å². The first-order valence-electron chi connectivity index (χ1n) is 20.3. The fourth-order valence-corrected chi connectivity index (χ4v) is 6.76. The molecule has 0 aliphatic carbocycles. The number of unbranched alkanes of at least 4 members (excludes halogenated alkanes) is 15. The second-order valence-corrected chi connectivity index (χ2v) is 14.6. The van der Waals surface area contributed by atoms with Crippen LogP contribution in [0.25, 0.3) is 6.08 Å². The SMILES string of the molecule is CCCCCCCCCCCCCCCCCCC1CC(=O)N(c2cc(N)cc(N)c2)C1=O.COC(=O)/C=C/c1ccc(OC(=O)c2cc(N)cc(N)c2)cc1. The number of hydrogen-bond donors (Lipinski definition) is 4. The van der Waals surface area contributed by atoms with Crippen LogP contribution in [0, 0.1) is 5.92 Å². The van der Waals surface area contributed by atoms with Crippen LogP contribution in [-0.2, 0) is 19.1 Å². The summed E-state index contributed by atoms with van der Waals surface area (Å²) in [4.78, 5) is 49.5. The average molecular weight is 770 g/mol. The zero-order valence-corrected chi connectivity index (χ0v) is 33.4. The Hall–Kier alpha value is -5.32. The zero-order valence-electron chi connectivity index (χ0n) is 33.4. The number of benzene rings is 3. The smallest absolute Gasteiger partial charge is 0.343 e. The number of nitrogen functional groups attached to an aromatic ring is 4. The van der Waals surface area contributed by atoms with Gasteiger partial charge in [0.05, 0.1) is 18.4 Å². The van der Waals surface area contributed by atoms with Gasteiger partial charge in [0.15, 0.2) is 0 Å². The van der Waals surface area contributed by atoms with E-state index in [0.29, 0.717) is 40.6 Å². The maximum absolute atomic E-state index is 12.8. The van der Waals surface area contributed by atoms with Gasteiger partial charge in [0, 0.05) is 41.2 Å². The number of anilines is 5. The molecule has 56 heavy (non-hydrogen) atoms. The van der Waals surface area contributed by atoms with E-state index >= 15 is 0 Å². The number of carbonyl (C=O) groups is 4. The van der Waals surface area contributed by atoms with E-state index in [1.807, 2.05) is 0 Å². The van der Waals surface area contributed by atoms with Crippen molar-refractivity contribution in [3.8, 4) is 5.75 Å². The lowest BCUT2D eigenvalue weighted by atomic mass is 9.98. The van der Waals surface area contributed by atoms with Crippen molar-refractivity contribution in [3.63, 3.8) is 0 Å². The molecule has 0 bridgehead atoms. The molecule has 8 N–H and O–H groups in total. The Labute approximate surface area is 333 Å². The van der Waals surface area contributed by atoms with Gasteiger partial charge >= 0.3 is 11.9 Å². The fraction of sp³-hybridized carbons (Fsp3) is 0.467. The van der Waals surface area contributed by atoms with E-state index in [2.05, 4.69) is 11.7 Å². The van der Waals surface area contributed by atoms with Crippen molar-refractivity contribution in [2.75, 3.05) is 34.9 Å². The van der Waals surface area contributed by atoms with Crippen LogP contribution in [0.4, 0.5) is 28.4 Å². The molecule has 1 aliphatic rings. The highest BCUT2D eigenvalue weighted by Gasteiger charge is 2.39. The summed E-state index contributed by atoms with van der Waals surface area (Å²) in [6.07, 6.45) is 25.3. The van der Waals surface area contributed by atoms with Crippen molar-refractivity contribution < 1.29 is 28.7 Å². The number of ether oxygens (including phenoxy) is 2. The van der Waals surface area contributed by atoms with Crippen molar-refractivity contribution in [2.45, 2.75) is 122 Å². The van der Waals surface area contributed by atoms with E-state index in [-0.39, 0.29) is 23.3 Å². The lowest BCUT2D eigenvalue weighted by molar-refractivity contribution is -0.134. The molecule has 2 amide bonds. The largest absolute Gasteiger partial charge is 0.466 e. The van der Waals surface area contributed by atoms with E-state index in [9.17, 15) is 19.2 Å². The third-order valence-corrected chi connectivity index (χ3v) is 9.78. The van der Waals surface area contributed by atoms with Gasteiger partial charge in [0.25, 0.3) is 0 Å². The Kier molecular flexibility index (Phi) is 20.1. The number of hydrogen-bond acceptors (Lipinski definition) is 10. The summed E-state index contributed by atoms with van der Waals surface area (Å²) in [7, 11) is 1.30. The molecule has 0 spiro atoms. The summed E-state index contributed by atoms with van der Waals surface area (Å²) in [5.41, 5.74) is 26.2. The average Bonchev–Trinajstić information content (AvgIpc) is 3.45. The van der Waals surface area contributed by atoms with Crippen LogP contribution in [0.1, 0.15) is 138 Å². The second-order valence-electron chi connectivity index (χ2n) is 14.6. The van der Waals surface area contributed by atoms with Crippen molar-refractivity contribution >= 4 is 58.3 Å². The number of amides is 2. The van der Waals surface area contributed by atoms with Crippen LogP contribution in [0.15, 0.2) is 66.7 Å². The third-order valence-electron chi connectivity index (χ3n) is 9.78. The molecule has 3 aromatic rings. The Morgan fingerprint density at radius 1 is 0.679 bits per heavy atom. The molecule has 0 saturated carbocycles. The van der Waals surface area contributed by atoms with E-state index in [0.717, 1.165) is 24.8 Å². The van der Waals surface area contributed by atoms with E-state index in [1.54, 1.807) is 54.6 Å². The lowest BCUT2D eigenvalue weighted by Gasteiger charge is -2.16. The highest BCUT2D eigenvalue weighted by atomic mass is 16.5. The Morgan fingerprint density at radius 3 is 1.62 bits per heavy atom. The topological polar surface area (TPSA) is 194 Å². The first-order valence-corrected chi connectivity index (χ1v) is 20.3. The second kappa shape index (κ2) is 25.0. The molecule has 4 rings (SSSR count). The highest BCUT2D eigenvalue weighted by Crippen LogP contribution is 2.32. The predicted molar refractivity (Wildman–Crippen MR) is 228 cm³/mol. The number of esters is 2. The van der Waals surface area contributed by atoms with Gasteiger partial charge in [-0.15, -0.1) is 0 Å². The van der Waals surface area contributed by atoms with Crippen molar-refractivity contribution in [1.29, 1.82) is 0 Å². The lowest BCUT2D eigenvalue weighted by Crippen LogP contribution is -2.30. The molecule has 11 heteroatoms. The van der Waals surface area contributed by atoms with Gasteiger partial charge in [-0.3, -0.25) is 14.5 Å². The Bertz CT molecular complexity index is 1680. The molecule has 1 fully saturated rings. The summed E-state index contributed by atoms with van der Waals surface area (Å²) < 4.78 is 9.75. The van der Waals surface area contributed by atoms with Crippen LogP contribution in [-0.4, -0.2) is 30.9 Å². The van der Waals surface area contributed by atoms with Gasteiger partial charge in [-0.05, 0) is 66.6 Å². The maximum atomic E-state index is 12.8. The molecule has 1 unspecified atom stereocenters. The summed E-state index contributed by atoms with van der Waals surface area (Å²) in [5, 5.41) is 0. The normalized spacial score (nSPS) is 13.8. The minimum Gasteiger partial charge on any atom is -0.466 e. The van der Waals surface area contributed by atoms with E-state index < -0.39 is 11.9 Å². The number of rotatable bonds is 22. The summed E-state index contributed by atoms with van der Waals surface area (Å²) >= 11 is 0. The van der Waals surface area contributed by atoms with Crippen LogP contribution < -0.4 is 32.6 Å². The Balaban J connectivity index is 0.000000320. The highest BCUT2D eigenvalue weighted by molar-refractivity contribution is 6.21. The number of methoxy groups -OCH3 is 1. The van der Waals surface area contributed by atoms with Crippen LogP contribution >= 0.6 is 0 Å². The molecule has 304 valence electrons. The summed E-state index contributed by atoms with van der Waals surface area (Å²) in [6, 6.07) is 16.1. The van der Waals surface area contributed by atoms with Crippen LogP contribution in [0.2, 0.25) is 0 Å². The van der Waals surface area contributed by atoms with Gasteiger partial charge in [0.1, 0.15) is 5.75 Å². The van der Waals surface area contributed by atoms with Gasteiger partial charge in [0.2, 0.25) is 11.8 Å². The molecule has 1 atom stereocenters. The Morgan fingerprint density at radius 2 is 1.14 bits per heavy atom. The molecular formula is C45H63N5O6. The molecule has 1 saturated heterocycles. The van der Waals surface area contributed by atoms with Crippen molar-refractivity contribution in [2.24, 2.45) is 5.92 Å². The van der Waals surface area contributed by atoms with Gasteiger partial charge in [-0.1, -0.05) is 122 Å². The first-order chi connectivity index (χ1) is 27.0. The molecule has 0 aromatic heterocycles. The van der Waals surface area contributed by atoms with Gasteiger partial charge in [-0.25, -0.2) is 9.59 Å². The molecule has 1 heterocycles. The minimum atomic E-state index is -0.554. The number of nitrogens with zero attached hydrogens (tertiary/aromatic N) is 1. The zero-order chi connectivity index (χ0) is 40.7. The number of nitrogens with two attached hydrogens (primary N) is 4. The molecular weight excluding hydrogens is 707 g/mol. The standard InChI is InChI=1S/C28H47N3O2.C17H16N2O4/c1-2-3-4-5-6-7-8-9-10-11-12-13-14-15-16-17-18-23-19-27(32)31(28(23)33)26-21-24(29)20-25(30)22-26;1-22-16(20)7-4-11-2-5-15(6-3-11)23-17(21)12-8-13(18)10-14(19)9-12/h20-23H,2-19,29-30H2,1H3;2-10H,18-19H2,1H3/b;7-4+. The first kappa shape index (κ1) is 45.1. The monoisotopic (exact) mass is 769 g/mol. The number of carbonyl (C=O) groups excluding carboxylic acids is 4. The maximum Gasteiger partial charge on any atom is 0.343 e. The van der Waals surface area contributed by atoms with Crippen LogP contribution in [0.5, 0.6) is 5.75 Å². The molecule has 3 aromatic carbocycles. The minimum absolute atomic E-state index is 0.106. The third kappa shape index (κ3) is 16.6. The molecule has 11 nitrogen and oxygen atoms in total. The van der Waals surface area contributed by atoms with Gasteiger partial charge < -0.3 is 32.4 Å². The summed E-state index contributed by atoms with van der Waals surface area (Å²) in [5.74, 6) is -1.09. The molecule has 1 aliphatic heterocycles. The van der Waals surface area contributed by atoms with Crippen molar-refractivity contribution in [1.82, 2.24) is 0 Å². The van der Waals surface area contributed by atoms with Crippen LogP contribution in [0.3, 0.4) is 0 Å². The van der Waals surface area contributed by atoms with Crippen molar-refractivity contribution in [3.05, 3.63) is 77.9 Å². The predicted octanol–water partition coefficient (Wildman–Crippen LogP) is 9.64. The quantitative estimate of drug-likeness (QED) is 0.0191. The van der Waals surface area contributed by atoms with E-state index in [4.69, 9.17) is 27.7 Å². The summed E-state index contributed by atoms with van der Waals surface area (Å²) in [6.45, 7) is 2.27. The molecule has 0 radical (unpaired) electrons.